The summed E-state index contributed by atoms with van der Waals surface area (Å²) in [6, 6.07) is 2.47. The molecule has 0 spiro atoms. The van der Waals surface area contributed by atoms with E-state index >= 15 is 0 Å². The predicted molar refractivity (Wildman–Crippen MR) is 74.8 cm³/mol. The summed E-state index contributed by atoms with van der Waals surface area (Å²) in [5, 5.41) is 0.525. The van der Waals surface area contributed by atoms with Crippen molar-refractivity contribution < 1.29 is 4.74 Å². The van der Waals surface area contributed by atoms with E-state index in [9.17, 15) is 0 Å². The molecule has 0 amide bonds. The number of hydrogen-bond acceptors (Lipinski definition) is 5. The van der Waals surface area contributed by atoms with Crippen LogP contribution in [0, 0.1) is 6.92 Å². The number of morpholine rings is 1. The molecular formula is C13H19ClN4O. The van der Waals surface area contributed by atoms with Crippen LogP contribution in [-0.4, -0.2) is 60.3 Å². The Kier molecular flexibility index (Phi) is 3.86. The molecule has 0 bridgehead atoms. The first kappa shape index (κ1) is 13.1. The number of ether oxygens (including phenoxy) is 1. The lowest BCUT2D eigenvalue weighted by Gasteiger charge is -2.32. The Hall–Kier alpha value is -0.910. The summed E-state index contributed by atoms with van der Waals surface area (Å²) < 4.78 is 5.41. The van der Waals surface area contributed by atoms with Gasteiger partial charge in [0.15, 0.2) is 0 Å². The van der Waals surface area contributed by atoms with E-state index in [0.717, 1.165) is 51.0 Å². The van der Waals surface area contributed by atoms with Gasteiger partial charge in [0.1, 0.15) is 16.8 Å². The molecule has 1 unspecified atom stereocenters. The van der Waals surface area contributed by atoms with Gasteiger partial charge in [0, 0.05) is 38.3 Å². The molecule has 2 saturated heterocycles. The Morgan fingerprint density at radius 3 is 2.79 bits per heavy atom. The molecule has 19 heavy (non-hydrogen) atoms. The van der Waals surface area contributed by atoms with Crippen molar-refractivity contribution >= 4 is 17.4 Å². The van der Waals surface area contributed by atoms with Crippen molar-refractivity contribution in [3.63, 3.8) is 0 Å². The number of anilines is 1. The molecule has 3 heterocycles. The summed E-state index contributed by atoms with van der Waals surface area (Å²) in [6.07, 6.45) is 1.18. The average molecular weight is 283 g/mol. The van der Waals surface area contributed by atoms with Crippen molar-refractivity contribution in [1.29, 1.82) is 0 Å². The third-order valence-electron chi connectivity index (χ3n) is 3.84. The fourth-order valence-electron chi connectivity index (χ4n) is 2.87. The lowest BCUT2D eigenvalue weighted by atomic mass is 10.2. The standard InChI is InChI=1S/C13H19ClN4O/c1-10-15-12(14)8-13(16-10)18-3-2-11(9-18)17-4-6-19-7-5-17/h8,11H,2-7,9H2,1H3. The van der Waals surface area contributed by atoms with Crippen LogP contribution in [0.3, 0.4) is 0 Å². The first-order chi connectivity index (χ1) is 9.22. The lowest BCUT2D eigenvalue weighted by Crippen LogP contribution is -2.44. The number of aromatic nitrogens is 2. The van der Waals surface area contributed by atoms with Gasteiger partial charge in [0.05, 0.1) is 13.2 Å². The second-order valence-electron chi connectivity index (χ2n) is 5.13. The highest BCUT2D eigenvalue weighted by atomic mass is 35.5. The normalized spacial score (nSPS) is 24.9. The van der Waals surface area contributed by atoms with Gasteiger partial charge in [0.25, 0.3) is 0 Å². The predicted octanol–water partition coefficient (Wildman–Crippen LogP) is 1.35. The van der Waals surface area contributed by atoms with Gasteiger partial charge in [-0.15, -0.1) is 0 Å². The molecule has 1 aromatic heterocycles. The fourth-order valence-corrected chi connectivity index (χ4v) is 3.09. The molecule has 2 aliphatic rings. The summed E-state index contributed by atoms with van der Waals surface area (Å²) in [5.41, 5.74) is 0. The number of halogens is 1. The third kappa shape index (κ3) is 2.99. The van der Waals surface area contributed by atoms with Crippen molar-refractivity contribution in [2.24, 2.45) is 0 Å². The largest absolute Gasteiger partial charge is 0.379 e. The van der Waals surface area contributed by atoms with Crippen LogP contribution in [0.15, 0.2) is 6.07 Å². The molecule has 0 N–H and O–H groups in total. The van der Waals surface area contributed by atoms with Crippen molar-refractivity contribution in [3.05, 3.63) is 17.0 Å². The van der Waals surface area contributed by atoms with Crippen LogP contribution in [0.4, 0.5) is 5.82 Å². The Bertz CT molecular complexity index is 430. The third-order valence-corrected chi connectivity index (χ3v) is 4.04. The van der Waals surface area contributed by atoms with Crippen molar-refractivity contribution in [2.75, 3.05) is 44.3 Å². The second kappa shape index (κ2) is 5.61. The molecule has 3 rings (SSSR count). The van der Waals surface area contributed by atoms with Gasteiger partial charge >= 0.3 is 0 Å². The highest BCUT2D eigenvalue weighted by Gasteiger charge is 2.29. The molecule has 0 radical (unpaired) electrons. The zero-order chi connectivity index (χ0) is 13.2. The Morgan fingerprint density at radius 2 is 2.05 bits per heavy atom. The van der Waals surface area contributed by atoms with Gasteiger partial charge < -0.3 is 9.64 Å². The molecule has 2 fully saturated rings. The van der Waals surface area contributed by atoms with Crippen LogP contribution in [0.1, 0.15) is 12.2 Å². The van der Waals surface area contributed by atoms with Gasteiger partial charge in [-0.25, -0.2) is 9.97 Å². The number of aryl methyl sites for hydroxylation is 1. The molecule has 5 nitrogen and oxygen atoms in total. The molecule has 2 aliphatic heterocycles. The minimum Gasteiger partial charge on any atom is -0.379 e. The molecule has 1 atom stereocenters. The first-order valence-corrected chi connectivity index (χ1v) is 7.18. The summed E-state index contributed by atoms with van der Waals surface area (Å²) in [5.74, 6) is 1.69. The maximum absolute atomic E-state index is 6.01. The van der Waals surface area contributed by atoms with Crippen LogP contribution in [0.2, 0.25) is 5.15 Å². The van der Waals surface area contributed by atoms with E-state index in [1.807, 2.05) is 13.0 Å². The Balaban J connectivity index is 1.67. The van der Waals surface area contributed by atoms with Crippen molar-refractivity contribution in [1.82, 2.24) is 14.9 Å². The molecule has 0 aromatic carbocycles. The van der Waals surface area contributed by atoms with E-state index < -0.39 is 0 Å². The van der Waals surface area contributed by atoms with Crippen LogP contribution in [0.25, 0.3) is 0 Å². The van der Waals surface area contributed by atoms with Crippen LogP contribution in [0.5, 0.6) is 0 Å². The lowest BCUT2D eigenvalue weighted by molar-refractivity contribution is 0.0209. The highest BCUT2D eigenvalue weighted by molar-refractivity contribution is 6.29. The first-order valence-electron chi connectivity index (χ1n) is 6.80. The maximum atomic E-state index is 6.01. The maximum Gasteiger partial charge on any atom is 0.134 e. The summed E-state index contributed by atoms with van der Waals surface area (Å²) >= 11 is 6.01. The van der Waals surface area contributed by atoms with Gasteiger partial charge in [-0.3, -0.25) is 4.90 Å². The minimum atomic E-state index is 0.525. The van der Waals surface area contributed by atoms with Gasteiger partial charge in [-0.1, -0.05) is 11.6 Å². The van der Waals surface area contributed by atoms with Crippen molar-refractivity contribution in [3.8, 4) is 0 Å². The minimum absolute atomic E-state index is 0.525. The number of nitrogens with zero attached hydrogens (tertiary/aromatic N) is 4. The van der Waals surface area contributed by atoms with E-state index in [1.165, 1.54) is 6.42 Å². The molecule has 0 aliphatic carbocycles. The fraction of sp³-hybridized carbons (Fsp3) is 0.692. The summed E-state index contributed by atoms with van der Waals surface area (Å²) in [7, 11) is 0. The van der Waals surface area contributed by atoms with Crippen LogP contribution < -0.4 is 4.90 Å². The second-order valence-corrected chi connectivity index (χ2v) is 5.52. The van der Waals surface area contributed by atoms with Gasteiger partial charge in [0.2, 0.25) is 0 Å². The topological polar surface area (TPSA) is 41.5 Å². The monoisotopic (exact) mass is 282 g/mol. The Morgan fingerprint density at radius 1 is 1.26 bits per heavy atom. The zero-order valence-corrected chi connectivity index (χ0v) is 11.9. The summed E-state index contributed by atoms with van der Waals surface area (Å²) in [4.78, 5) is 13.4. The SMILES string of the molecule is Cc1nc(Cl)cc(N2CCC(N3CCOCC3)C2)n1. The summed E-state index contributed by atoms with van der Waals surface area (Å²) in [6.45, 7) is 7.74. The quantitative estimate of drug-likeness (QED) is 0.766. The molecule has 104 valence electrons. The smallest absolute Gasteiger partial charge is 0.134 e. The average Bonchev–Trinajstić information content (AvgIpc) is 2.88. The molecule has 0 saturated carbocycles. The van der Waals surface area contributed by atoms with Gasteiger partial charge in [-0.05, 0) is 13.3 Å². The van der Waals surface area contributed by atoms with E-state index in [4.69, 9.17) is 16.3 Å². The molecular weight excluding hydrogens is 264 g/mol. The van der Waals surface area contributed by atoms with E-state index in [2.05, 4.69) is 19.8 Å². The van der Waals surface area contributed by atoms with Crippen LogP contribution in [-0.2, 0) is 4.74 Å². The van der Waals surface area contributed by atoms with E-state index in [-0.39, 0.29) is 0 Å². The van der Waals surface area contributed by atoms with Gasteiger partial charge in [-0.2, -0.15) is 0 Å². The number of hydrogen-bond donors (Lipinski definition) is 0. The molecule has 1 aromatic rings. The van der Waals surface area contributed by atoms with E-state index in [0.29, 0.717) is 11.2 Å². The van der Waals surface area contributed by atoms with E-state index in [1.54, 1.807) is 0 Å². The zero-order valence-electron chi connectivity index (χ0n) is 11.2. The van der Waals surface area contributed by atoms with Crippen LogP contribution >= 0.6 is 11.6 Å². The number of rotatable bonds is 2. The highest BCUT2D eigenvalue weighted by Crippen LogP contribution is 2.23. The Labute approximate surface area is 118 Å². The molecule has 6 heteroatoms. The van der Waals surface area contributed by atoms with Crippen molar-refractivity contribution in [2.45, 2.75) is 19.4 Å².